The van der Waals surface area contributed by atoms with E-state index in [0.717, 1.165) is 24.4 Å². The minimum absolute atomic E-state index is 0.0933. The number of hydrogen-bond donors (Lipinski definition) is 4. The quantitative estimate of drug-likeness (QED) is 0.385. The lowest BCUT2D eigenvalue weighted by Gasteiger charge is -2.38. The van der Waals surface area contributed by atoms with Crippen LogP contribution in [-0.4, -0.2) is 44.2 Å². The number of carbonyl (C=O) groups is 1. The maximum absolute atomic E-state index is 13.9. The van der Waals surface area contributed by atoms with Gasteiger partial charge < -0.3 is 21.3 Å². The van der Waals surface area contributed by atoms with Gasteiger partial charge in [-0.05, 0) is 42.2 Å². The van der Waals surface area contributed by atoms with Crippen molar-refractivity contribution in [2.24, 2.45) is 0 Å². The van der Waals surface area contributed by atoms with E-state index in [2.05, 4.69) is 10.4 Å². The van der Waals surface area contributed by atoms with Crippen LogP contribution in [0.25, 0.3) is 5.69 Å². The molecule has 0 radical (unpaired) electrons. The molecule has 1 aromatic heterocycles. The Bertz CT molecular complexity index is 1180. The predicted octanol–water partition coefficient (Wildman–Crippen LogP) is 3.69. The zero-order chi connectivity index (χ0) is 25.3. The molecule has 1 unspecified atom stereocenters. The van der Waals surface area contributed by atoms with Gasteiger partial charge in [-0.15, -0.1) is 0 Å². The Morgan fingerprint density at radius 1 is 1.15 bits per heavy atom. The number of aromatic nitrogens is 2. The molecule has 0 aliphatic heterocycles. The summed E-state index contributed by atoms with van der Waals surface area (Å²) in [6, 6.07) is 11.5. The minimum atomic E-state index is -5.15. The largest absolute Gasteiger partial charge is 0.508 e. The number of amides is 1. The van der Waals surface area contributed by atoms with Crippen molar-refractivity contribution in [3.63, 3.8) is 0 Å². The predicted molar refractivity (Wildman–Crippen MR) is 117 cm³/mol. The minimum Gasteiger partial charge on any atom is -0.508 e. The number of nitrogen functional groups attached to an aromatic ring is 1. The molecule has 0 fully saturated rings. The number of aromatic hydroxyl groups is 1. The molecule has 0 saturated carbocycles. The number of phenols is 1. The van der Waals surface area contributed by atoms with Crippen LogP contribution in [-0.2, 0) is 5.41 Å². The highest BCUT2D eigenvalue weighted by Gasteiger charge is 2.56. The van der Waals surface area contributed by atoms with Crippen molar-refractivity contribution in [3.05, 3.63) is 71.7 Å². The molecule has 182 valence electrons. The molecule has 2 aromatic carbocycles. The topological polar surface area (TPSA) is 113 Å². The lowest BCUT2D eigenvalue weighted by Crippen LogP contribution is -2.56. The second-order valence-electron chi connectivity index (χ2n) is 8.62. The number of para-hydroxylation sites is 1. The molecule has 0 bridgehead atoms. The lowest BCUT2D eigenvalue weighted by atomic mass is 9.74. The van der Waals surface area contributed by atoms with Crippen molar-refractivity contribution in [2.45, 2.75) is 37.5 Å². The summed E-state index contributed by atoms with van der Waals surface area (Å²) in [5, 5.41) is 26.7. The molecule has 3 aromatic rings. The molecule has 5 N–H and O–H groups in total. The highest BCUT2D eigenvalue weighted by molar-refractivity contribution is 5.98. The first-order valence-electron chi connectivity index (χ1n) is 10.2. The standard InChI is InChI=1S/C23H24F4N4O3/c1-21(2,17-10-14(24)8-9-18(17)32)12-22(34,23(25,26)27)13-29-20(33)16-11-30-31(19(16)28)15-6-4-3-5-7-15/h3-11,32,34H,12-13,28H2,1-2H3,(H,29,33). The monoisotopic (exact) mass is 480 g/mol. The third-order valence-corrected chi connectivity index (χ3v) is 5.54. The Morgan fingerprint density at radius 3 is 2.41 bits per heavy atom. The van der Waals surface area contributed by atoms with Crippen LogP contribution in [0.2, 0.25) is 0 Å². The van der Waals surface area contributed by atoms with Crippen molar-refractivity contribution in [1.29, 1.82) is 0 Å². The van der Waals surface area contributed by atoms with Crippen molar-refractivity contribution >= 4 is 11.7 Å². The first kappa shape index (κ1) is 25.0. The molecule has 7 nitrogen and oxygen atoms in total. The Morgan fingerprint density at radius 2 is 1.79 bits per heavy atom. The number of rotatable bonds is 7. The van der Waals surface area contributed by atoms with Crippen LogP contribution < -0.4 is 11.1 Å². The van der Waals surface area contributed by atoms with Gasteiger partial charge in [-0.2, -0.15) is 18.3 Å². The molecule has 1 heterocycles. The van der Waals surface area contributed by atoms with Gasteiger partial charge in [-0.3, -0.25) is 4.79 Å². The number of alkyl halides is 3. The molecule has 0 spiro atoms. The molecular formula is C23H24F4N4O3. The SMILES string of the molecule is CC(C)(CC(O)(CNC(=O)c1cnn(-c2ccccc2)c1N)C(F)(F)F)c1cc(F)ccc1O. The van der Waals surface area contributed by atoms with E-state index in [1.807, 2.05) is 0 Å². The number of benzene rings is 2. The van der Waals surface area contributed by atoms with Gasteiger partial charge in [0.1, 0.15) is 22.9 Å². The van der Waals surface area contributed by atoms with Crippen LogP contribution in [0.5, 0.6) is 5.75 Å². The van der Waals surface area contributed by atoms with Gasteiger partial charge in [0.25, 0.3) is 5.91 Å². The average Bonchev–Trinajstić information content (AvgIpc) is 3.14. The Balaban J connectivity index is 1.83. The normalized spacial score (nSPS) is 14.0. The van der Waals surface area contributed by atoms with E-state index in [0.29, 0.717) is 5.69 Å². The number of nitrogens with one attached hydrogen (secondary N) is 1. The van der Waals surface area contributed by atoms with Crippen LogP contribution in [0.3, 0.4) is 0 Å². The zero-order valence-corrected chi connectivity index (χ0v) is 18.4. The highest BCUT2D eigenvalue weighted by Crippen LogP contribution is 2.43. The number of anilines is 1. The van der Waals surface area contributed by atoms with E-state index >= 15 is 0 Å². The van der Waals surface area contributed by atoms with Crippen LogP contribution in [0.4, 0.5) is 23.4 Å². The first-order valence-corrected chi connectivity index (χ1v) is 10.2. The van der Waals surface area contributed by atoms with E-state index in [9.17, 15) is 32.6 Å². The summed E-state index contributed by atoms with van der Waals surface area (Å²) in [6.45, 7) is 1.44. The maximum atomic E-state index is 13.9. The zero-order valence-electron chi connectivity index (χ0n) is 18.4. The summed E-state index contributed by atoms with van der Waals surface area (Å²) in [4.78, 5) is 12.6. The maximum Gasteiger partial charge on any atom is 0.418 e. The number of nitrogens with zero attached hydrogens (tertiary/aromatic N) is 2. The van der Waals surface area contributed by atoms with Gasteiger partial charge in [0.05, 0.1) is 18.4 Å². The second-order valence-corrected chi connectivity index (χ2v) is 8.62. The fourth-order valence-corrected chi connectivity index (χ4v) is 3.77. The van der Waals surface area contributed by atoms with Crippen molar-refractivity contribution in [3.8, 4) is 11.4 Å². The molecule has 1 atom stereocenters. The average molecular weight is 480 g/mol. The molecule has 1 amide bonds. The van der Waals surface area contributed by atoms with Crippen LogP contribution >= 0.6 is 0 Å². The van der Waals surface area contributed by atoms with E-state index in [4.69, 9.17) is 5.73 Å². The second kappa shape index (κ2) is 8.98. The fraction of sp³-hybridized carbons (Fsp3) is 0.304. The number of hydrogen-bond acceptors (Lipinski definition) is 5. The van der Waals surface area contributed by atoms with Crippen molar-refractivity contribution < 1.29 is 32.6 Å². The molecule has 34 heavy (non-hydrogen) atoms. The highest BCUT2D eigenvalue weighted by atomic mass is 19.4. The molecule has 0 saturated heterocycles. The summed E-state index contributed by atoms with van der Waals surface area (Å²) in [6.07, 6.45) is -5.02. The fourth-order valence-electron chi connectivity index (χ4n) is 3.77. The van der Waals surface area contributed by atoms with E-state index in [-0.39, 0.29) is 16.9 Å². The van der Waals surface area contributed by atoms with Crippen LogP contribution in [0.1, 0.15) is 36.2 Å². The third-order valence-electron chi connectivity index (χ3n) is 5.54. The van der Waals surface area contributed by atoms with E-state index < -0.39 is 47.6 Å². The van der Waals surface area contributed by atoms with Crippen molar-refractivity contribution in [2.75, 3.05) is 12.3 Å². The molecule has 3 rings (SSSR count). The van der Waals surface area contributed by atoms with E-state index in [1.54, 1.807) is 30.3 Å². The van der Waals surface area contributed by atoms with Gasteiger partial charge >= 0.3 is 6.18 Å². The van der Waals surface area contributed by atoms with Crippen LogP contribution in [0.15, 0.2) is 54.7 Å². The molecule has 11 heteroatoms. The van der Waals surface area contributed by atoms with Gasteiger partial charge in [-0.25, -0.2) is 9.07 Å². The van der Waals surface area contributed by atoms with Crippen LogP contribution in [0, 0.1) is 5.82 Å². The number of carbonyl (C=O) groups excluding carboxylic acids is 1. The van der Waals surface area contributed by atoms with Gasteiger partial charge in [0, 0.05) is 5.56 Å². The first-order chi connectivity index (χ1) is 15.7. The summed E-state index contributed by atoms with van der Waals surface area (Å²) in [7, 11) is 0. The number of phenolic OH excluding ortho intramolecular Hbond substituents is 1. The Labute approximate surface area is 192 Å². The summed E-state index contributed by atoms with van der Waals surface area (Å²) < 4.78 is 56.7. The van der Waals surface area contributed by atoms with Gasteiger partial charge in [0.15, 0.2) is 5.60 Å². The summed E-state index contributed by atoms with van der Waals surface area (Å²) in [5.41, 5.74) is 1.31. The summed E-state index contributed by atoms with van der Waals surface area (Å²) >= 11 is 0. The molecule has 0 aliphatic carbocycles. The lowest BCUT2D eigenvalue weighted by molar-refractivity contribution is -0.263. The molecular weight excluding hydrogens is 456 g/mol. The van der Waals surface area contributed by atoms with Gasteiger partial charge in [0.2, 0.25) is 0 Å². The van der Waals surface area contributed by atoms with Gasteiger partial charge in [-0.1, -0.05) is 32.0 Å². The molecule has 0 aliphatic rings. The third kappa shape index (κ3) is 4.98. The number of halogens is 4. The summed E-state index contributed by atoms with van der Waals surface area (Å²) in [5.74, 6) is -2.23. The van der Waals surface area contributed by atoms with Crippen molar-refractivity contribution in [1.82, 2.24) is 15.1 Å². The Hall–Kier alpha value is -3.60. The Kier molecular flexibility index (Phi) is 6.61. The van der Waals surface area contributed by atoms with E-state index in [1.165, 1.54) is 18.5 Å². The number of nitrogens with two attached hydrogens (primary N) is 1. The smallest absolute Gasteiger partial charge is 0.418 e. The number of aliphatic hydroxyl groups is 1.